The number of hydrogen-bond donors (Lipinski definition) is 2. The third kappa shape index (κ3) is 5.52. The summed E-state index contributed by atoms with van der Waals surface area (Å²) in [5.41, 5.74) is 7.26. The summed E-state index contributed by atoms with van der Waals surface area (Å²) in [4.78, 5) is 7.39. The lowest BCUT2D eigenvalue weighted by molar-refractivity contribution is 0.209. The first kappa shape index (κ1) is 22.8. The number of ether oxygens (including phenoxy) is 1. The smallest absolute Gasteiger partial charge is 0.120 e. The molecule has 0 amide bonds. The molecule has 0 unspecified atom stereocenters. The molecule has 0 aliphatic carbocycles. The third-order valence-electron chi connectivity index (χ3n) is 4.82. The van der Waals surface area contributed by atoms with Crippen LogP contribution in [0.3, 0.4) is 0 Å². The average Bonchev–Trinajstić information content (AvgIpc) is 3.30. The maximum atomic E-state index is 9.47. The minimum absolute atomic E-state index is 0.169. The molecule has 0 aliphatic rings. The van der Waals surface area contributed by atoms with E-state index in [0.29, 0.717) is 16.6 Å². The van der Waals surface area contributed by atoms with E-state index in [-0.39, 0.29) is 6.61 Å². The van der Waals surface area contributed by atoms with Crippen LogP contribution in [-0.2, 0) is 12.1 Å². The van der Waals surface area contributed by atoms with Crippen LogP contribution in [0, 0.1) is 0 Å². The summed E-state index contributed by atoms with van der Waals surface area (Å²) in [7, 11) is 0. The standard InChI is InChI=1S/C25H23ClN2O2S2/c1-25(27,16-29)24-28-14-23(32-24)21-11-10-20(13-22(21)26)31-19-9-5-8-18(12-19)30-15-17-6-3-2-4-7-17/h2-14,29H,15-16,27H2,1H3/t25-/m0/s1. The molecule has 4 rings (SSSR count). The quantitative estimate of drug-likeness (QED) is 0.306. The SMILES string of the molecule is C[C@](N)(CO)c1ncc(-c2ccc(Sc3cccc(OCc4ccccc4)c3)cc2Cl)s1. The lowest BCUT2D eigenvalue weighted by Gasteiger charge is -2.17. The molecular formula is C25H23ClN2O2S2. The van der Waals surface area contributed by atoms with Gasteiger partial charge in [0.25, 0.3) is 0 Å². The van der Waals surface area contributed by atoms with Crippen molar-refractivity contribution in [3.63, 3.8) is 0 Å². The van der Waals surface area contributed by atoms with Crippen molar-refractivity contribution >= 4 is 34.7 Å². The summed E-state index contributed by atoms with van der Waals surface area (Å²) >= 11 is 9.66. The van der Waals surface area contributed by atoms with E-state index in [1.807, 2.05) is 72.8 Å². The summed E-state index contributed by atoms with van der Waals surface area (Å²) < 4.78 is 5.94. The van der Waals surface area contributed by atoms with E-state index in [1.165, 1.54) is 11.3 Å². The highest BCUT2D eigenvalue weighted by Crippen LogP contribution is 2.38. The average molecular weight is 483 g/mol. The molecule has 7 heteroatoms. The number of halogens is 1. The molecule has 0 radical (unpaired) electrons. The van der Waals surface area contributed by atoms with Crippen LogP contribution in [0.25, 0.3) is 10.4 Å². The molecule has 1 atom stereocenters. The van der Waals surface area contributed by atoms with Crippen LogP contribution in [0.1, 0.15) is 17.5 Å². The van der Waals surface area contributed by atoms with Crippen LogP contribution < -0.4 is 10.5 Å². The van der Waals surface area contributed by atoms with Crippen molar-refractivity contribution < 1.29 is 9.84 Å². The first-order chi connectivity index (χ1) is 15.4. The molecule has 4 nitrogen and oxygen atoms in total. The summed E-state index contributed by atoms with van der Waals surface area (Å²) in [6.07, 6.45) is 1.75. The normalized spacial score (nSPS) is 13.0. The second-order valence-electron chi connectivity index (χ2n) is 7.60. The Morgan fingerprint density at radius 1 is 1.06 bits per heavy atom. The predicted molar refractivity (Wildman–Crippen MR) is 133 cm³/mol. The zero-order chi connectivity index (χ0) is 22.6. The van der Waals surface area contributed by atoms with Gasteiger partial charge < -0.3 is 15.6 Å². The van der Waals surface area contributed by atoms with Gasteiger partial charge in [0.1, 0.15) is 17.4 Å². The number of nitrogens with zero attached hydrogens (tertiary/aromatic N) is 1. The Kier molecular flexibility index (Phi) is 7.18. The second kappa shape index (κ2) is 10.1. The fraction of sp³-hybridized carbons (Fsp3) is 0.160. The Labute approximate surface area is 201 Å². The van der Waals surface area contributed by atoms with Crippen molar-refractivity contribution in [2.75, 3.05) is 6.61 Å². The molecule has 1 aromatic heterocycles. The van der Waals surface area contributed by atoms with Crippen LogP contribution >= 0.6 is 34.7 Å². The number of aromatic nitrogens is 1. The molecular weight excluding hydrogens is 460 g/mol. The number of aliphatic hydroxyl groups excluding tert-OH is 1. The van der Waals surface area contributed by atoms with Gasteiger partial charge in [-0.2, -0.15) is 0 Å². The molecule has 4 aromatic rings. The summed E-state index contributed by atoms with van der Waals surface area (Å²) in [6.45, 7) is 2.12. The fourth-order valence-corrected chi connectivity index (χ4v) is 5.31. The van der Waals surface area contributed by atoms with Crippen molar-refractivity contribution in [2.24, 2.45) is 5.73 Å². The zero-order valence-corrected chi connectivity index (χ0v) is 19.9. The Balaban J connectivity index is 1.46. The van der Waals surface area contributed by atoms with Crippen molar-refractivity contribution in [3.8, 4) is 16.2 Å². The van der Waals surface area contributed by atoms with Crippen molar-refractivity contribution in [1.82, 2.24) is 4.98 Å². The number of rotatable bonds is 8. The van der Waals surface area contributed by atoms with Gasteiger partial charge in [-0.1, -0.05) is 65.8 Å². The molecule has 0 fully saturated rings. The van der Waals surface area contributed by atoms with E-state index in [0.717, 1.165) is 31.5 Å². The maximum absolute atomic E-state index is 9.47. The molecule has 1 heterocycles. The van der Waals surface area contributed by atoms with Gasteiger partial charge in [0.05, 0.1) is 22.0 Å². The predicted octanol–water partition coefficient (Wildman–Crippen LogP) is 6.36. The van der Waals surface area contributed by atoms with Crippen molar-refractivity contribution in [2.45, 2.75) is 28.9 Å². The van der Waals surface area contributed by atoms with E-state index >= 15 is 0 Å². The maximum Gasteiger partial charge on any atom is 0.120 e. The highest BCUT2D eigenvalue weighted by atomic mass is 35.5. The van der Waals surface area contributed by atoms with E-state index in [1.54, 1.807) is 24.9 Å². The van der Waals surface area contributed by atoms with Gasteiger partial charge in [0.15, 0.2) is 0 Å². The van der Waals surface area contributed by atoms with Crippen LogP contribution in [0.2, 0.25) is 5.02 Å². The van der Waals surface area contributed by atoms with Gasteiger partial charge in [-0.3, -0.25) is 0 Å². The lowest BCUT2D eigenvalue weighted by Crippen LogP contribution is -2.36. The number of nitrogens with two attached hydrogens (primary N) is 1. The lowest BCUT2D eigenvalue weighted by atomic mass is 10.1. The zero-order valence-electron chi connectivity index (χ0n) is 17.5. The van der Waals surface area contributed by atoms with Crippen LogP contribution in [0.15, 0.2) is 88.8 Å². The van der Waals surface area contributed by atoms with Gasteiger partial charge in [0, 0.05) is 21.6 Å². The van der Waals surface area contributed by atoms with Crippen LogP contribution in [0.5, 0.6) is 5.75 Å². The van der Waals surface area contributed by atoms with Gasteiger partial charge in [-0.15, -0.1) is 11.3 Å². The molecule has 32 heavy (non-hydrogen) atoms. The third-order valence-corrected chi connectivity index (χ3v) is 7.42. The first-order valence-corrected chi connectivity index (χ1v) is 12.1. The van der Waals surface area contributed by atoms with E-state index < -0.39 is 5.54 Å². The summed E-state index contributed by atoms with van der Waals surface area (Å²) in [5, 5.41) is 10.8. The molecule has 0 aliphatic heterocycles. The van der Waals surface area contributed by atoms with Gasteiger partial charge in [-0.25, -0.2) is 4.98 Å². The summed E-state index contributed by atoms with van der Waals surface area (Å²) in [5.74, 6) is 0.826. The number of aliphatic hydroxyl groups is 1. The highest BCUT2D eigenvalue weighted by Gasteiger charge is 2.24. The van der Waals surface area contributed by atoms with E-state index in [9.17, 15) is 5.11 Å². The number of thiazole rings is 1. The molecule has 3 N–H and O–H groups in total. The molecule has 0 bridgehead atoms. The second-order valence-corrected chi connectivity index (χ2v) is 10.2. The Bertz CT molecular complexity index is 1200. The van der Waals surface area contributed by atoms with Crippen molar-refractivity contribution in [1.29, 1.82) is 0 Å². The minimum Gasteiger partial charge on any atom is -0.489 e. The Morgan fingerprint density at radius 2 is 1.84 bits per heavy atom. The largest absolute Gasteiger partial charge is 0.489 e. The highest BCUT2D eigenvalue weighted by molar-refractivity contribution is 7.99. The Hall–Kier alpha value is -2.35. The van der Waals surface area contributed by atoms with Crippen LogP contribution in [-0.4, -0.2) is 16.7 Å². The van der Waals surface area contributed by atoms with Gasteiger partial charge in [-0.05, 0) is 42.8 Å². The van der Waals surface area contributed by atoms with Crippen LogP contribution in [0.4, 0.5) is 0 Å². The minimum atomic E-state index is -0.862. The molecule has 164 valence electrons. The monoisotopic (exact) mass is 482 g/mol. The van der Waals surface area contributed by atoms with Gasteiger partial charge >= 0.3 is 0 Å². The molecule has 3 aromatic carbocycles. The van der Waals surface area contributed by atoms with E-state index in [4.69, 9.17) is 22.1 Å². The number of hydrogen-bond acceptors (Lipinski definition) is 6. The fourth-order valence-electron chi connectivity index (χ4n) is 2.99. The number of benzene rings is 3. The van der Waals surface area contributed by atoms with Gasteiger partial charge in [0.2, 0.25) is 0 Å². The molecule has 0 spiro atoms. The van der Waals surface area contributed by atoms with Crippen molar-refractivity contribution in [3.05, 3.63) is 94.6 Å². The first-order valence-electron chi connectivity index (χ1n) is 10.1. The topological polar surface area (TPSA) is 68.4 Å². The summed E-state index contributed by atoms with van der Waals surface area (Å²) in [6, 6.07) is 24.1. The Morgan fingerprint density at radius 3 is 2.59 bits per heavy atom. The molecule has 0 saturated heterocycles. The van der Waals surface area contributed by atoms with E-state index in [2.05, 4.69) is 4.98 Å². The molecule has 0 saturated carbocycles.